The van der Waals surface area contributed by atoms with E-state index in [1.54, 1.807) is 11.9 Å². The molecule has 1 aromatic rings. The summed E-state index contributed by atoms with van der Waals surface area (Å²) in [6.45, 7) is 6.11. The second-order valence-corrected chi connectivity index (χ2v) is 7.22. The molecule has 25 heavy (non-hydrogen) atoms. The Labute approximate surface area is 149 Å². The van der Waals surface area contributed by atoms with E-state index in [1.807, 2.05) is 23.1 Å². The Kier molecular flexibility index (Phi) is 4.88. The number of carbonyl (C=O) groups excluding carboxylic acids is 2. The number of hydrogen-bond acceptors (Lipinski definition) is 3. The molecule has 1 unspecified atom stereocenters. The number of piperidine rings is 1. The molecule has 3 rings (SSSR count). The van der Waals surface area contributed by atoms with Gasteiger partial charge in [0.05, 0.1) is 6.54 Å². The van der Waals surface area contributed by atoms with Crippen molar-refractivity contribution in [3.8, 4) is 0 Å². The Morgan fingerprint density at radius 2 is 2.00 bits per heavy atom. The van der Waals surface area contributed by atoms with Crippen molar-refractivity contribution < 1.29 is 14.3 Å². The molecule has 0 radical (unpaired) electrons. The lowest BCUT2D eigenvalue weighted by Crippen LogP contribution is -2.49. The molecule has 6 heteroatoms. The number of hydrogen-bond donors (Lipinski definition) is 1. The third-order valence-corrected chi connectivity index (χ3v) is 5.45. The molecule has 2 fully saturated rings. The number of anilines is 1. The van der Waals surface area contributed by atoms with Gasteiger partial charge in [-0.3, -0.25) is 0 Å². The Morgan fingerprint density at radius 3 is 2.60 bits per heavy atom. The van der Waals surface area contributed by atoms with Gasteiger partial charge in [-0.1, -0.05) is 32.0 Å². The van der Waals surface area contributed by atoms with E-state index in [9.17, 15) is 9.59 Å². The molecule has 1 atom stereocenters. The molecular formula is C19H27N3O3. The molecule has 1 N–H and O–H groups in total. The van der Waals surface area contributed by atoms with Crippen LogP contribution in [0.25, 0.3) is 0 Å². The van der Waals surface area contributed by atoms with E-state index in [1.165, 1.54) is 0 Å². The van der Waals surface area contributed by atoms with Gasteiger partial charge in [0.25, 0.3) is 0 Å². The average molecular weight is 345 g/mol. The van der Waals surface area contributed by atoms with E-state index in [0.29, 0.717) is 38.4 Å². The maximum Gasteiger partial charge on any atom is 0.410 e. The average Bonchev–Trinajstić information content (AvgIpc) is 2.88. The van der Waals surface area contributed by atoms with E-state index in [-0.39, 0.29) is 12.1 Å². The van der Waals surface area contributed by atoms with Crippen LogP contribution in [-0.2, 0) is 4.74 Å². The summed E-state index contributed by atoms with van der Waals surface area (Å²) in [6, 6.07) is 7.90. The summed E-state index contributed by atoms with van der Waals surface area (Å²) >= 11 is 0. The molecule has 0 aromatic heterocycles. The van der Waals surface area contributed by atoms with Gasteiger partial charge < -0.3 is 19.9 Å². The highest BCUT2D eigenvalue weighted by Gasteiger charge is 2.46. The van der Waals surface area contributed by atoms with Crippen LogP contribution in [0.4, 0.5) is 15.3 Å². The van der Waals surface area contributed by atoms with Gasteiger partial charge in [-0.15, -0.1) is 0 Å². The maximum absolute atomic E-state index is 12.7. The molecule has 1 aromatic carbocycles. The molecule has 0 bridgehead atoms. The van der Waals surface area contributed by atoms with Crippen LogP contribution in [0.5, 0.6) is 0 Å². The van der Waals surface area contributed by atoms with Gasteiger partial charge in [-0.25, -0.2) is 9.59 Å². The number of para-hydroxylation sites is 1. The number of benzene rings is 1. The Balaban J connectivity index is 1.62. The number of amides is 3. The van der Waals surface area contributed by atoms with Gasteiger partial charge in [-0.2, -0.15) is 0 Å². The first-order valence-electron chi connectivity index (χ1n) is 9.03. The number of carbonyl (C=O) groups is 2. The normalized spacial score (nSPS) is 20.5. The minimum absolute atomic E-state index is 0.0803. The molecule has 2 aliphatic heterocycles. The maximum atomic E-state index is 12.7. The fraction of sp³-hybridized carbons (Fsp3) is 0.579. The summed E-state index contributed by atoms with van der Waals surface area (Å²) in [5.41, 5.74) is 1.63. The molecule has 6 nitrogen and oxygen atoms in total. The lowest BCUT2D eigenvalue weighted by Gasteiger charge is -2.37. The van der Waals surface area contributed by atoms with Crippen LogP contribution in [0.15, 0.2) is 24.3 Å². The molecule has 0 aliphatic carbocycles. The smallest absolute Gasteiger partial charge is 0.410 e. The van der Waals surface area contributed by atoms with E-state index < -0.39 is 5.60 Å². The van der Waals surface area contributed by atoms with E-state index >= 15 is 0 Å². The van der Waals surface area contributed by atoms with Crippen molar-refractivity contribution in [2.75, 3.05) is 32.0 Å². The number of nitrogens with zero attached hydrogens (tertiary/aromatic N) is 2. The molecule has 2 aliphatic rings. The Hall–Kier alpha value is -2.24. The third-order valence-electron chi connectivity index (χ3n) is 5.45. The zero-order valence-corrected chi connectivity index (χ0v) is 15.2. The number of urea groups is 1. The minimum Gasteiger partial charge on any atom is -0.441 e. The highest BCUT2D eigenvalue weighted by Crippen LogP contribution is 2.33. The second kappa shape index (κ2) is 6.94. The molecule has 2 saturated heterocycles. The fourth-order valence-corrected chi connectivity index (χ4v) is 3.62. The van der Waals surface area contributed by atoms with Crippen molar-refractivity contribution in [2.45, 2.75) is 44.6 Å². The van der Waals surface area contributed by atoms with Crippen molar-refractivity contribution in [2.24, 2.45) is 0 Å². The van der Waals surface area contributed by atoms with Gasteiger partial charge in [0.15, 0.2) is 0 Å². The first-order valence-corrected chi connectivity index (χ1v) is 9.03. The minimum atomic E-state index is -0.419. The lowest BCUT2D eigenvalue weighted by atomic mass is 9.91. The zero-order valence-electron chi connectivity index (χ0n) is 15.2. The fourth-order valence-electron chi connectivity index (χ4n) is 3.62. The molecule has 0 saturated carbocycles. The Morgan fingerprint density at radius 1 is 1.32 bits per heavy atom. The first-order chi connectivity index (χ1) is 11.9. The quantitative estimate of drug-likeness (QED) is 0.909. The topological polar surface area (TPSA) is 61.9 Å². The molecule has 2 heterocycles. The SMILES string of the molecule is CCC(C)c1ccccc1NC(=O)N1CCC2(CC1)CN(C)C(=O)O2. The van der Waals surface area contributed by atoms with Crippen LogP contribution >= 0.6 is 0 Å². The van der Waals surface area contributed by atoms with Crippen LogP contribution in [0.1, 0.15) is 44.6 Å². The third kappa shape index (κ3) is 3.57. The summed E-state index contributed by atoms with van der Waals surface area (Å²) in [6.07, 6.45) is 2.13. The van der Waals surface area contributed by atoms with Crippen LogP contribution in [-0.4, -0.2) is 54.2 Å². The number of likely N-dealkylation sites (tertiary alicyclic amines) is 1. The number of rotatable bonds is 3. The highest BCUT2D eigenvalue weighted by molar-refractivity contribution is 5.90. The number of likely N-dealkylation sites (N-methyl/N-ethyl adjacent to an activating group) is 1. The summed E-state index contributed by atoms with van der Waals surface area (Å²) < 4.78 is 5.54. The van der Waals surface area contributed by atoms with Crippen LogP contribution in [0, 0.1) is 0 Å². The highest BCUT2D eigenvalue weighted by atomic mass is 16.6. The van der Waals surface area contributed by atoms with E-state index in [0.717, 1.165) is 17.7 Å². The summed E-state index contributed by atoms with van der Waals surface area (Å²) in [4.78, 5) is 27.7. The summed E-state index contributed by atoms with van der Waals surface area (Å²) in [5, 5.41) is 3.06. The van der Waals surface area contributed by atoms with E-state index in [2.05, 4.69) is 25.2 Å². The first kappa shape index (κ1) is 17.6. The van der Waals surface area contributed by atoms with Crippen molar-refractivity contribution in [1.29, 1.82) is 0 Å². The molecule has 136 valence electrons. The van der Waals surface area contributed by atoms with Crippen LogP contribution < -0.4 is 5.32 Å². The van der Waals surface area contributed by atoms with Crippen molar-refractivity contribution in [3.05, 3.63) is 29.8 Å². The van der Waals surface area contributed by atoms with Crippen molar-refractivity contribution in [3.63, 3.8) is 0 Å². The Bertz CT molecular complexity index is 653. The van der Waals surface area contributed by atoms with Crippen LogP contribution in [0.2, 0.25) is 0 Å². The zero-order chi connectivity index (χ0) is 18.0. The largest absolute Gasteiger partial charge is 0.441 e. The van der Waals surface area contributed by atoms with Gasteiger partial charge in [0.2, 0.25) is 0 Å². The standard InChI is InChI=1S/C19H27N3O3/c1-4-14(2)15-7-5-6-8-16(15)20-17(23)22-11-9-19(10-12-22)13-21(3)18(24)25-19/h5-8,14H,4,9-13H2,1-3H3,(H,20,23). The molecule has 1 spiro atoms. The van der Waals surface area contributed by atoms with Gasteiger partial charge in [-0.05, 0) is 24.0 Å². The van der Waals surface area contributed by atoms with Crippen molar-refractivity contribution in [1.82, 2.24) is 9.80 Å². The van der Waals surface area contributed by atoms with Gasteiger partial charge in [0.1, 0.15) is 5.60 Å². The van der Waals surface area contributed by atoms with Gasteiger partial charge >= 0.3 is 12.1 Å². The summed E-state index contributed by atoms with van der Waals surface area (Å²) in [7, 11) is 1.75. The van der Waals surface area contributed by atoms with Gasteiger partial charge in [0, 0.05) is 38.7 Å². The van der Waals surface area contributed by atoms with Crippen molar-refractivity contribution >= 4 is 17.8 Å². The lowest BCUT2D eigenvalue weighted by molar-refractivity contribution is 0.0109. The summed E-state index contributed by atoms with van der Waals surface area (Å²) in [5.74, 6) is 0.398. The number of ether oxygens (including phenoxy) is 1. The van der Waals surface area contributed by atoms with Crippen LogP contribution in [0.3, 0.4) is 0 Å². The molecular weight excluding hydrogens is 318 g/mol. The predicted molar refractivity (Wildman–Crippen MR) is 96.8 cm³/mol. The number of nitrogens with one attached hydrogen (secondary N) is 1. The second-order valence-electron chi connectivity index (χ2n) is 7.22. The van der Waals surface area contributed by atoms with E-state index in [4.69, 9.17) is 4.74 Å². The monoisotopic (exact) mass is 345 g/mol. The predicted octanol–water partition coefficient (Wildman–Crippen LogP) is 3.65. The molecule has 3 amide bonds.